The molecule has 0 saturated heterocycles. The van der Waals surface area contributed by atoms with Crippen LogP contribution in [0.2, 0.25) is 0 Å². The van der Waals surface area contributed by atoms with E-state index < -0.39 is 4.92 Å². The molecule has 24 heavy (non-hydrogen) atoms. The minimum atomic E-state index is -0.437. The first kappa shape index (κ1) is 15.6. The van der Waals surface area contributed by atoms with E-state index in [-0.39, 0.29) is 11.2 Å². The van der Waals surface area contributed by atoms with Crippen molar-refractivity contribution in [1.82, 2.24) is 9.55 Å². The van der Waals surface area contributed by atoms with Gasteiger partial charge in [0.25, 0.3) is 11.2 Å². The molecule has 0 unspecified atom stereocenters. The van der Waals surface area contributed by atoms with Crippen molar-refractivity contribution in [3.8, 4) is 0 Å². The van der Waals surface area contributed by atoms with Crippen LogP contribution < -0.4 is 5.56 Å². The van der Waals surface area contributed by atoms with Gasteiger partial charge in [-0.25, -0.2) is 4.98 Å². The fraction of sp³-hybridized carbons (Fsp3) is 0.111. The minimum absolute atomic E-state index is 0.0245. The zero-order valence-electron chi connectivity index (χ0n) is 13.0. The molecule has 0 amide bonds. The normalized spacial score (nSPS) is 11.2. The Morgan fingerprint density at radius 3 is 2.71 bits per heavy atom. The first-order chi connectivity index (χ1) is 11.6. The highest BCUT2D eigenvalue weighted by atomic mass is 16.6. The van der Waals surface area contributed by atoms with Crippen LogP contribution in [-0.2, 0) is 6.54 Å². The van der Waals surface area contributed by atoms with Gasteiger partial charge in [0.15, 0.2) is 0 Å². The summed E-state index contributed by atoms with van der Waals surface area (Å²) in [5.74, 6) is 0.521. The number of aromatic nitrogens is 2. The van der Waals surface area contributed by atoms with Gasteiger partial charge in [-0.3, -0.25) is 19.5 Å². The number of benzene rings is 2. The van der Waals surface area contributed by atoms with Crippen molar-refractivity contribution in [3.05, 3.63) is 80.4 Å². The quantitative estimate of drug-likeness (QED) is 0.544. The highest BCUT2D eigenvalue weighted by Gasteiger charge is 2.08. The zero-order chi connectivity index (χ0) is 17.1. The molecule has 3 rings (SSSR count). The van der Waals surface area contributed by atoms with E-state index in [0.29, 0.717) is 28.8 Å². The third kappa shape index (κ3) is 2.94. The summed E-state index contributed by atoms with van der Waals surface area (Å²) in [6.07, 6.45) is 3.42. The Morgan fingerprint density at radius 1 is 1.17 bits per heavy atom. The molecule has 0 aliphatic heterocycles. The summed E-state index contributed by atoms with van der Waals surface area (Å²) in [7, 11) is 0. The second-order valence-corrected chi connectivity index (χ2v) is 5.22. The fourth-order valence-corrected chi connectivity index (χ4v) is 2.53. The summed E-state index contributed by atoms with van der Waals surface area (Å²) in [6.45, 7) is 2.37. The van der Waals surface area contributed by atoms with E-state index in [0.717, 1.165) is 0 Å². The molecule has 120 valence electrons. The van der Waals surface area contributed by atoms with Crippen molar-refractivity contribution in [1.29, 1.82) is 0 Å². The monoisotopic (exact) mass is 321 g/mol. The largest absolute Gasteiger partial charge is 0.293 e. The lowest BCUT2D eigenvalue weighted by molar-refractivity contribution is -0.384. The van der Waals surface area contributed by atoms with Crippen LogP contribution in [-0.4, -0.2) is 14.5 Å². The summed E-state index contributed by atoms with van der Waals surface area (Å²) in [5.41, 5.74) is 1.23. The molecule has 0 spiro atoms. The first-order valence-electron chi connectivity index (χ1n) is 7.52. The average molecular weight is 321 g/mol. The molecule has 2 aromatic carbocycles. The molecule has 0 saturated carbocycles. The summed E-state index contributed by atoms with van der Waals surface area (Å²) in [5, 5.41) is 11.4. The van der Waals surface area contributed by atoms with Crippen LogP contribution in [0.5, 0.6) is 0 Å². The van der Waals surface area contributed by atoms with E-state index in [4.69, 9.17) is 0 Å². The Hall–Kier alpha value is -3.28. The highest BCUT2D eigenvalue weighted by molar-refractivity contribution is 5.79. The highest BCUT2D eigenvalue weighted by Crippen LogP contribution is 2.16. The summed E-state index contributed by atoms with van der Waals surface area (Å²) in [4.78, 5) is 27.5. The van der Waals surface area contributed by atoms with Crippen molar-refractivity contribution in [2.75, 3.05) is 0 Å². The molecular weight excluding hydrogens is 306 g/mol. The Kier molecular flexibility index (Phi) is 4.20. The van der Waals surface area contributed by atoms with E-state index in [9.17, 15) is 14.9 Å². The Balaban J connectivity index is 2.08. The molecule has 0 aliphatic carbocycles. The molecule has 0 bridgehead atoms. The van der Waals surface area contributed by atoms with Crippen molar-refractivity contribution in [2.45, 2.75) is 13.5 Å². The lowest BCUT2D eigenvalue weighted by Gasteiger charge is -2.08. The predicted molar refractivity (Wildman–Crippen MR) is 93.7 cm³/mol. The molecule has 1 heterocycles. The minimum Gasteiger partial charge on any atom is -0.293 e. The molecule has 6 heteroatoms. The number of fused-ring (bicyclic) bond motifs is 1. The number of rotatable bonds is 4. The smallest absolute Gasteiger partial charge is 0.270 e. The van der Waals surface area contributed by atoms with Gasteiger partial charge in [0.1, 0.15) is 5.82 Å². The standard InChI is InChI=1S/C18H15N3O3/c1-2-20-17(19-16-9-4-3-8-15(16)18(20)22)11-10-13-6-5-7-14(12-13)21(23)24/h3-12H,2H2,1H3. The van der Waals surface area contributed by atoms with Gasteiger partial charge in [0.2, 0.25) is 0 Å². The van der Waals surface area contributed by atoms with Gasteiger partial charge in [-0.15, -0.1) is 0 Å². The second-order valence-electron chi connectivity index (χ2n) is 5.22. The maximum absolute atomic E-state index is 12.5. The van der Waals surface area contributed by atoms with Gasteiger partial charge in [-0.2, -0.15) is 0 Å². The molecule has 0 fully saturated rings. The number of hydrogen-bond donors (Lipinski definition) is 0. The lowest BCUT2D eigenvalue weighted by atomic mass is 10.2. The third-order valence-electron chi connectivity index (χ3n) is 3.71. The third-order valence-corrected chi connectivity index (χ3v) is 3.71. The van der Waals surface area contributed by atoms with E-state index in [1.165, 1.54) is 12.1 Å². The first-order valence-corrected chi connectivity index (χ1v) is 7.52. The van der Waals surface area contributed by atoms with Gasteiger partial charge < -0.3 is 0 Å². The molecular formula is C18H15N3O3. The van der Waals surface area contributed by atoms with E-state index >= 15 is 0 Å². The van der Waals surface area contributed by atoms with Crippen LogP contribution in [0, 0.1) is 10.1 Å². The fourth-order valence-electron chi connectivity index (χ4n) is 2.53. The van der Waals surface area contributed by atoms with E-state index in [1.807, 2.05) is 19.1 Å². The van der Waals surface area contributed by atoms with Crippen molar-refractivity contribution < 1.29 is 4.92 Å². The Morgan fingerprint density at radius 2 is 1.96 bits per heavy atom. The molecule has 1 aromatic heterocycles. The Labute approximate surface area is 137 Å². The van der Waals surface area contributed by atoms with Gasteiger partial charge in [0, 0.05) is 18.7 Å². The second kappa shape index (κ2) is 6.45. The van der Waals surface area contributed by atoms with Crippen LogP contribution >= 0.6 is 0 Å². The summed E-state index contributed by atoms with van der Waals surface area (Å²) in [6, 6.07) is 13.5. The van der Waals surface area contributed by atoms with E-state index in [1.54, 1.807) is 41.0 Å². The molecule has 0 N–H and O–H groups in total. The van der Waals surface area contributed by atoms with Crippen LogP contribution in [0.15, 0.2) is 53.3 Å². The zero-order valence-corrected chi connectivity index (χ0v) is 13.0. The molecule has 0 atom stereocenters. The number of para-hydroxylation sites is 1. The van der Waals surface area contributed by atoms with Crippen molar-refractivity contribution >= 4 is 28.7 Å². The van der Waals surface area contributed by atoms with Gasteiger partial charge in [0.05, 0.1) is 15.8 Å². The maximum atomic E-state index is 12.5. The van der Waals surface area contributed by atoms with Crippen LogP contribution in [0.1, 0.15) is 18.3 Å². The van der Waals surface area contributed by atoms with Gasteiger partial charge in [-0.1, -0.05) is 30.3 Å². The SMILES string of the molecule is CCn1c(C=Cc2cccc([N+](=O)[O-])c2)nc2ccccc2c1=O. The van der Waals surface area contributed by atoms with Gasteiger partial charge in [-0.05, 0) is 30.7 Å². The number of hydrogen-bond acceptors (Lipinski definition) is 4. The molecule has 0 radical (unpaired) electrons. The Bertz CT molecular complexity index is 1010. The molecule has 3 aromatic rings. The average Bonchev–Trinajstić information content (AvgIpc) is 2.60. The topological polar surface area (TPSA) is 78.0 Å². The van der Waals surface area contributed by atoms with Crippen LogP contribution in [0.25, 0.3) is 23.1 Å². The summed E-state index contributed by atoms with van der Waals surface area (Å²) < 4.78 is 1.58. The number of nitro groups is 1. The number of nitro benzene ring substituents is 1. The lowest BCUT2D eigenvalue weighted by Crippen LogP contribution is -2.22. The maximum Gasteiger partial charge on any atom is 0.270 e. The number of nitrogens with zero attached hydrogens (tertiary/aromatic N) is 3. The molecule has 6 nitrogen and oxygen atoms in total. The predicted octanol–water partition coefficient (Wildman–Crippen LogP) is 3.50. The van der Waals surface area contributed by atoms with Crippen molar-refractivity contribution in [3.63, 3.8) is 0 Å². The number of non-ortho nitro benzene ring substituents is 1. The van der Waals surface area contributed by atoms with Gasteiger partial charge >= 0.3 is 0 Å². The van der Waals surface area contributed by atoms with Crippen LogP contribution in [0.3, 0.4) is 0 Å². The van der Waals surface area contributed by atoms with E-state index in [2.05, 4.69) is 4.98 Å². The summed E-state index contributed by atoms with van der Waals surface area (Å²) >= 11 is 0. The van der Waals surface area contributed by atoms with Crippen molar-refractivity contribution in [2.24, 2.45) is 0 Å². The molecule has 0 aliphatic rings. The van der Waals surface area contributed by atoms with Crippen LogP contribution in [0.4, 0.5) is 5.69 Å².